The zero-order valence-corrected chi connectivity index (χ0v) is 14.0. The summed E-state index contributed by atoms with van der Waals surface area (Å²) in [6.45, 7) is 5.11. The summed E-state index contributed by atoms with van der Waals surface area (Å²) < 4.78 is 29.7. The molecule has 3 aromatic heterocycles. The normalized spacial score (nSPS) is 13.0. The molecular formula is C18H13ClF2N4. The van der Waals surface area contributed by atoms with E-state index in [1.807, 2.05) is 6.92 Å². The third kappa shape index (κ3) is 3.49. The number of aryl methyl sites for hydroxylation is 1. The maximum Gasteiger partial charge on any atom is 0.155 e. The lowest BCUT2D eigenvalue weighted by atomic mass is 10.0. The minimum absolute atomic E-state index is 0.0597. The van der Waals surface area contributed by atoms with Gasteiger partial charge in [-0.3, -0.25) is 4.98 Å². The maximum absolute atomic E-state index is 14.7. The van der Waals surface area contributed by atoms with Crippen LogP contribution < -0.4 is 0 Å². The van der Waals surface area contributed by atoms with Gasteiger partial charge < -0.3 is 0 Å². The molecule has 0 aliphatic rings. The number of fused-ring (bicyclic) bond motifs is 1. The van der Waals surface area contributed by atoms with Gasteiger partial charge in [0.2, 0.25) is 0 Å². The molecule has 0 aliphatic heterocycles. The Balaban J connectivity index is 2.15. The monoisotopic (exact) mass is 358 g/mol. The maximum atomic E-state index is 14.7. The van der Waals surface area contributed by atoms with Gasteiger partial charge in [0.15, 0.2) is 11.5 Å². The summed E-state index contributed by atoms with van der Waals surface area (Å²) in [5.74, 6) is -1.56. The first-order valence-corrected chi connectivity index (χ1v) is 7.69. The Kier molecular flexibility index (Phi) is 4.72. The Labute approximate surface area is 147 Å². The molecule has 0 aliphatic carbocycles. The number of hydrogen-bond acceptors (Lipinski definition) is 3. The molecule has 0 fully saturated rings. The largest absolute Gasteiger partial charge is 0.253 e. The molecular weight excluding hydrogens is 346 g/mol. The van der Waals surface area contributed by atoms with Crippen molar-refractivity contribution in [3.05, 3.63) is 77.8 Å². The van der Waals surface area contributed by atoms with E-state index in [2.05, 4.69) is 21.6 Å². The van der Waals surface area contributed by atoms with Crippen molar-refractivity contribution < 1.29 is 8.78 Å². The van der Waals surface area contributed by atoms with Crippen molar-refractivity contribution in [2.24, 2.45) is 0 Å². The van der Waals surface area contributed by atoms with Gasteiger partial charge in [-0.05, 0) is 48.4 Å². The number of pyridine rings is 2. The summed E-state index contributed by atoms with van der Waals surface area (Å²) in [4.78, 5) is 8.26. The summed E-state index contributed by atoms with van der Waals surface area (Å²) in [7, 11) is 0. The van der Waals surface area contributed by atoms with E-state index < -0.39 is 11.7 Å². The zero-order valence-electron chi connectivity index (χ0n) is 13.2. The third-order valence-corrected chi connectivity index (χ3v) is 3.79. The van der Waals surface area contributed by atoms with Gasteiger partial charge in [0, 0.05) is 18.0 Å². The molecule has 0 radical (unpaired) electrons. The van der Waals surface area contributed by atoms with Crippen LogP contribution in [0, 0.1) is 6.92 Å². The van der Waals surface area contributed by atoms with Crippen LogP contribution in [0.5, 0.6) is 0 Å². The Morgan fingerprint density at radius 1 is 1.28 bits per heavy atom. The molecule has 25 heavy (non-hydrogen) atoms. The van der Waals surface area contributed by atoms with E-state index in [9.17, 15) is 8.78 Å². The third-order valence-electron chi connectivity index (χ3n) is 3.50. The first kappa shape index (κ1) is 17.0. The SMILES string of the molecule is C=C/C(F)=C(Cl)\C=C(/F)c1ncc(C)cc1-c1ccn2ncnc2c1. The molecule has 0 aromatic carbocycles. The lowest BCUT2D eigenvalue weighted by Crippen LogP contribution is -1.95. The number of hydrogen-bond donors (Lipinski definition) is 0. The molecule has 0 spiro atoms. The van der Waals surface area contributed by atoms with Gasteiger partial charge in [-0.2, -0.15) is 5.10 Å². The van der Waals surface area contributed by atoms with Gasteiger partial charge in [-0.1, -0.05) is 18.2 Å². The molecule has 3 aromatic rings. The molecule has 0 atom stereocenters. The number of aromatic nitrogens is 4. The standard InChI is InChI=1S/C18H13ClF2N4/c1-3-15(20)14(19)8-16(21)18-13(6-11(2)9-22-18)12-4-5-25-17(7-12)23-10-24-25/h3-10H,1H2,2H3/b15-14-,16-8-. The van der Waals surface area contributed by atoms with Crippen LogP contribution in [0.25, 0.3) is 22.6 Å². The lowest BCUT2D eigenvalue weighted by Gasteiger charge is -2.09. The molecule has 3 rings (SSSR count). The predicted molar refractivity (Wildman–Crippen MR) is 94.2 cm³/mol. The van der Waals surface area contributed by atoms with E-state index in [-0.39, 0.29) is 10.7 Å². The van der Waals surface area contributed by atoms with Gasteiger partial charge in [-0.15, -0.1) is 0 Å². The van der Waals surface area contributed by atoms with Crippen LogP contribution in [0.15, 0.2) is 66.5 Å². The molecule has 126 valence electrons. The van der Waals surface area contributed by atoms with E-state index in [0.717, 1.165) is 17.7 Å². The van der Waals surface area contributed by atoms with Crippen molar-refractivity contribution >= 4 is 23.1 Å². The van der Waals surface area contributed by atoms with Crippen molar-refractivity contribution in [1.82, 2.24) is 19.6 Å². The highest BCUT2D eigenvalue weighted by atomic mass is 35.5. The smallest absolute Gasteiger partial charge is 0.155 e. The number of halogens is 3. The molecule has 0 saturated carbocycles. The summed E-state index contributed by atoms with van der Waals surface area (Å²) in [5.41, 5.74) is 2.78. The average molecular weight is 359 g/mol. The van der Waals surface area contributed by atoms with Crippen LogP contribution in [0.3, 0.4) is 0 Å². The van der Waals surface area contributed by atoms with Gasteiger partial charge in [-0.25, -0.2) is 18.3 Å². The zero-order chi connectivity index (χ0) is 18.0. The van der Waals surface area contributed by atoms with Crippen LogP contribution in [0.2, 0.25) is 0 Å². The summed E-state index contributed by atoms with van der Waals surface area (Å²) in [6, 6.07) is 5.33. The fourth-order valence-corrected chi connectivity index (χ4v) is 2.48. The van der Waals surface area contributed by atoms with Crippen molar-refractivity contribution in [2.75, 3.05) is 0 Å². The second-order valence-electron chi connectivity index (χ2n) is 5.28. The summed E-state index contributed by atoms with van der Waals surface area (Å²) in [5, 5.41) is 3.65. The fraction of sp³-hybridized carbons (Fsp3) is 0.0556. The van der Waals surface area contributed by atoms with Gasteiger partial charge in [0.05, 0.1) is 5.03 Å². The minimum atomic E-state index is -0.810. The topological polar surface area (TPSA) is 43.1 Å². The quantitative estimate of drug-likeness (QED) is 0.615. The Morgan fingerprint density at radius 3 is 2.84 bits per heavy atom. The Morgan fingerprint density at radius 2 is 2.08 bits per heavy atom. The van der Waals surface area contributed by atoms with E-state index in [4.69, 9.17) is 11.6 Å². The first-order valence-electron chi connectivity index (χ1n) is 7.31. The van der Waals surface area contributed by atoms with Crippen LogP contribution in [-0.4, -0.2) is 19.6 Å². The van der Waals surface area contributed by atoms with Crippen molar-refractivity contribution in [3.8, 4) is 11.1 Å². The van der Waals surface area contributed by atoms with Gasteiger partial charge >= 0.3 is 0 Å². The number of nitrogens with zero attached hydrogens (tertiary/aromatic N) is 4. The van der Waals surface area contributed by atoms with Gasteiger partial charge in [0.1, 0.15) is 17.8 Å². The van der Waals surface area contributed by atoms with Crippen LogP contribution in [-0.2, 0) is 0 Å². The van der Waals surface area contributed by atoms with E-state index in [1.165, 1.54) is 12.5 Å². The van der Waals surface area contributed by atoms with Gasteiger partial charge in [0.25, 0.3) is 0 Å². The molecule has 4 nitrogen and oxygen atoms in total. The molecule has 0 N–H and O–H groups in total. The lowest BCUT2D eigenvalue weighted by molar-refractivity contribution is 0.664. The molecule has 0 unspecified atom stereocenters. The highest BCUT2D eigenvalue weighted by molar-refractivity contribution is 6.32. The highest BCUT2D eigenvalue weighted by Gasteiger charge is 2.14. The van der Waals surface area contributed by atoms with Crippen molar-refractivity contribution in [1.29, 1.82) is 0 Å². The Bertz CT molecular complexity index is 1020. The predicted octanol–water partition coefficient (Wildman–Crippen LogP) is 5.02. The molecule has 0 saturated heterocycles. The van der Waals surface area contributed by atoms with Crippen LogP contribution >= 0.6 is 11.6 Å². The molecule has 0 bridgehead atoms. The Hall–Kier alpha value is -2.86. The van der Waals surface area contributed by atoms with E-state index in [0.29, 0.717) is 16.8 Å². The summed E-state index contributed by atoms with van der Waals surface area (Å²) >= 11 is 5.74. The molecule has 7 heteroatoms. The second kappa shape index (κ2) is 6.94. The highest BCUT2D eigenvalue weighted by Crippen LogP contribution is 2.31. The minimum Gasteiger partial charge on any atom is -0.253 e. The van der Waals surface area contributed by atoms with E-state index >= 15 is 0 Å². The van der Waals surface area contributed by atoms with Crippen LogP contribution in [0.1, 0.15) is 11.3 Å². The molecule has 3 heterocycles. The summed E-state index contributed by atoms with van der Waals surface area (Å²) in [6.07, 6.45) is 6.47. The average Bonchev–Trinajstić information content (AvgIpc) is 3.08. The first-order chi connectivity index (χ1) is 12.0. The fourth-order valence-electron chi connectivity index (χ4n) is 2.31. The number of rotatable bonds is 4. The van der Waals surface area contributed by atoms with Crippen molar-refractivity contribution in [2.45, 2.75) is 6.92 Å². The van der Waals surface area contributed by atoms with E-state index in [1.54, 1.807) is 28.9 Å². The number of allylic oxidation sites excluding steroid dienone is 4. The molecule has 0 amide bonds. The second-order valence-corrected chi connectivity index (χ2v) is 5.69. The van der Waals surface area contributed by atoms with Crippen molar-refractivity contribution in [3.63, 3.8) is 0 Å². The van der Waals surface area contributed by atoms with Crippen LogP contribution in [0.4, 0.5) is 8.78 Å².